The fourth-order valence-corrected chi connectivity index (χ4v) is 2.46. The van der Waals surface area contributed by atoms with Gasteiger partial charge in [0.15, 0.2) is 0 Å². The van der Waals surface area contributed by atoms with E-state index in [1.54, 1.807) is 0 Å². The Hall–Kier alpha value is -1.96. The summed E-state index contributed by atoms with van der Waals surface area (Å²) in [5.74, 6) is 0. The SMILES string of the molecule is CCc1cc(C)c2ccc3c(C)ccnc3c2n1. The quantitative estimate of drug-likeness (QED) is 0.598. The molecule has 3 aromatic rings. The lowest BCUT2D eigenvalue weighted by Crippen LogP contribution is -1.94. The van der Waals surface area contributed by atoms with E-state index in [1.165, 1.54) is 21.9 Å². The van der Waals surface area contributed by atoms with Crippen LogP contribution in [0.3, 0.4) is 0 Å². The molecule has 0 aliphatic rings. The van der Waals surface area contributed by atoms with Crippen molar-refractivity contribution in [2.24, 2.45) is 0 Å². The van der Waals surface area contributed by atoms with E-state index < -0.39 is 0 Å². The van der Waals surface area contributed by atoms with Crippen LogP contribution >= 0.6 is 0 Å². The maximum Gasteiger partial charge on any atom is 0.0970 e. The zero-order valence-corrected chi connectivity index (χ0v) is 11.0. The molecule has 0 saturated heterocycles. The number of hydrogen-bond acceptors (Lipinski definition) is 2. The van der Waals surface area contributed by atoms with Crippen LogP contribution in [0.5, 0.6) is 0 Å². The fourth-order valence-electron chi connectivity index (χ4n) is 2.46. The molecule has 90 valence electrons. The number of fused-ring (bicyclic) bond motifs is 3. The third kappa shape index (κ3) is 1.57. The van der Waals surface area contributed by atoms with E-state index in [9.17, 15) is 0 Å². The first kappa shape index (κ1) is 11.1. The smallest absolute Gasteiger partial charge is 0.0970 e. The van der Waals surface area contributed by atoms with Gasteiger partial charge in [-0.2, -0.15) is 0 Å². The van der Waals surface area contributed by atoms with Gasteiger partial charge in [-0.05, 0) is 43.5 Å². The molecule has 0 saturated carbocycles. The van der Waals surface area contributed by atoms with E-state index in [-0.39, 0.29) is 0 Å². The second-order valence-electron chi connectivity index (χ2n) is 4.77. The maximum absolute atomic E-state index is 4.76. The van der Waals surface area contributed by atoms with Crippen molar-refractivity contribution in [3.8, 4) is 0 Å². The van der Waals surface area contributed by atoms with E-state index >= 15 is 0 Å². The van der Waals surface area contributed by atoms with Gasteiger partial charge >= 0.3 is 0 Å². The molecule has 1 aromatic carbocycles. The minimum atomic E-state index is 0.957. The van der Waals surface area contributed by atoms with Crippen molar-refractivity contribution in [3.05, 3.63) is 47.3 Å². The molecule has 18 heavy (non-hydrogen) atoms. The lowest BCUT2D eigenvalue weighted by Gasteiger charge is -2.08. The number of hydrogen-bond donors (Lipinski definition) is 0. The van der Waals surface area contributed by atoms with E-state index in [0.717, 1.165) is 23.1 Å². The molecule has 2 heteroatoms. The molecular formula is C16H16N2. The molecule has 3 rings (SSSR count). The largest absolute Gasteiger partial charge is 0.254 e. The fraction of sp³-hybridized carbons (Fsp3) is 0.250. The number of aromatic nitrogens is 2. The van der Waals surface area contributed by atoms with Gasteiger partial charge in [-0.25, -0.2) is 0 Å². The molecule has 0 N–H and O–H groups in total. The van der Waals surface area contributed by atoms with E-state index in [0.29, 0.717) is 0 Å². The van der Waals surface area contributed by atoms with Crippen LogP contribution in [-0.2, 0) is 6.42 Å². The molecule has 0 spiro atoms. The van der Waals surface area contributed by atoms with Crippen molar-refractivity contribution in [3.63, 3.8) is 0 Å². The number of rotatable bonds is 1. The monoisotopic (exact) mass is 236 g/mol. The number of pyridine rings is 2. The minimum absolute atomic E-state index is 0.957. The van der Waals surface area contributed by atoms with E-state index in [4.69, 9.17) is 4.98 Å². The summed E-state index contributed by atoms with van der Waals surface area (Å²) in [7, 11) is 0. The van der Waals surface area contributed by atoms with Gasteiger partial charge in [0, 0.05) is 22.7 Å². The molecule has 0 radical (unpaired) electrons. The van der Waals surface area contributed by atoms with Crippen molar-refractivity contribution >= 4 is 21.8 Å². The average molecular weight is 236 g/mol. The highest BCUT2D eigenvalue weighted by Crippen LogP contribution is 2.26. The molecule has 0 unspecified atom stereocenters. The first-order valence-electron chi connectivity index (χ1n) is 6.35. The standard InChI is InChI=1S/C16H16N2/c1-4-12-9-11(3)14-6-5-13-10(2)7-8-17-15(13)16(14)18-12/h5-9H,4H2,1-3H3. The van der Waals surface area contributed by atoms with Crippen LogP contribution in [0.25, 0.3) is 21.8 Å². The van der Waals surface area contributed by atoms with Crippen LogP contribution in [0.1, 0.15) is 23.7 Å². The van der Waals surface area contributed by atoms with Gasteiger partial charge in [-0.3, -0.25) is 9.97 Å². The summed E-state index contributed by atoms with van der Waals surface area (Å²) < 4.78 is 0. The van der Waals surface area contributed by atoms with Crippen molar-refractivity contribution in [1.29, 1.82) is 0 Å². The Labute approximate surface area is 107 Å². The summed E-state index contributed by atoms with van der Waals surface area (Å²) in [4.78, 5) is 9.29. The topological polar surface area (TPSA) is 25.8 Å². The maximum atomic E-state index is 4.76. The summed E-state index contributed by atoms with van der Waals surface area (Å²) in [6, 6.07) is 8.53. The second-order valence-corrected chi connectivity index (χ2v) is 4.77. The van der Waals surface area contributed by atoms with Gasteiger partial charge in [0.05, 0.1) is 11.0 Å². The highest BCUT2D eigenvalue weighted by molar-refractivity contribution is 6.04. The van der Waals surface area contributed by atoms with Crippen LogP contribution in [0.4, 0.5) is 0 Å². The molecule has 2 heterocycles. The Kier molecular flexibility index (Phi) is 2.51. The molecule has 2 aromatic heterocycles. The Morgan fingerprint density at radius 1 is 0.944 bits per heavy atom. The van der Waals surface area contributed by atoms with Crippen molar-refractivity contribution in [2.75, 3.05) is 0 Å². The first-order valence-corrected chi connectivity index (χ1v) is 6.35. The second kappa shape index (κ2) is 4.05. The zero-order valence-electron chi connectivity index (χ0n) is 11.0. The minimum Gasteiger partial charge on any atom is -0.254 e. The van der Waals surface area contributed by atoms with Gasteiger partial charge in [0.1, 0.15) is 0 Å². The lowest BCUT2D eigenvalue weighted by molar-refractivity contribution is 1.05. The number of benzene rings is 1. The Morgan fingerprint density at radius 3 is 2.39 bits per heavy atom. The summed E-state index contributed by atoms with van der Waals surface area (Å²) >= 11 is 0. The predicted octanol–water partition coefficient (Wildman–Crippen LogP) is 3.96. The van der Waals surface area contributed by atoms with Crippen molar-refractivity contribution in [1.82, 2.24) is 9.97 Å². The van der Waals surface area contributed by atoms with Crippen molar-refractivity contribution < 1.29 is 0 Å². The third-order valence-electron chi connectivity index (χ3n) is 3.53. The van der Waals surface area contributed by atoms with Crippen LogP contribution in [0.2, 0.25) is 0 Å². The van der Waals surface area contributed by atoms with Crippen LogP contribution in [0, 0.1) is 13.8 Å². The van der Waals surface area contributed by atoms with E-state index in [1.807, 2.05) is 12.3 Å². The summed E-state index contributed by atoms with van der Waals surface area (Å²) in [5, 5.41) is 2.41. The van der Waals surface area contributed by atoms with E-state index in [2.05, 4.69) is 44.0 Å². The van der Waals surface area contributed by atoms with Crippen LogP contribution in [0.15, 0.2) is 30.5 Å². The summed E-state index contributed by atoms with van der Waals surface area (Å²) in [5.41, 5.74) is 5.72. The number of aryl methyl sites for hydroxylation is 3. The molecule has 0 bridgehead atoms. The normalized spacial score (nSPS) is 11.3. The van der Waals surface area contributed by atoms with Gasteiger partial charge in [0.25, 0.3) is 0 Å². The molecule has 2 nitrogen and oxygen atoms in total. The van der Waals surface area contributed by atoms with Gasteiger partial charge in [-0.15, -0.1) is 0 Å². The molecular weight excluding hydrogens is 220 g/mol. The van der Waals surface area contributed by atoms with Gasteiger partial charge in [0.2, 0.25) is 0 Å². The van der Waals surface area contributed by atoms with Gasteiger partial charge in [-0.1, -0.05) is 19.1 Å². The number of nitrogens with zero attached hydrogens (tertiary/aromatic N) is 2. The molecule has 0 fully saturated rings. The molecule has 0 atom stereocenters. The summed E-state index contributed by atoms with van der Waals surface area (Å²) in [6.45, 7) is 6.40. The van der Waals surface area contributed by atoms with Crippen molar-refractivity contribution in [2.45, 2.75) is 27.2 Å². The average Bonchev–Trinajstić information content (AvgIpc) is 2.39. The third-order valence-corrected chi connectivity index (χ3v) is 3.53. The highest BCUT2D eigenvalue weighted by atomic mass is 14.7. The zero-order chi connectivity index (χ0) is 12.7. The first-order chi connectivity index (χ1) is 8.70. The van der Waals surface area contributed by atoms with Crippen LogP contribution in [-0.4, -0.2) is 9.97 Å². The summed E-state index contributed by atoms with van der Waals surface area (Å²) in [6.07, 6.45) is 2.83. The molecule has 0 aliphatic carbocycles. The Morgan fingerprint density at radius 2 is 1.67 bits per heavy atom. The Bertz CT molecular complexity index is 745. The van der Waals surface area contributed by atoms with Gasteiger partial charge < -0.3 is 0 Å². The highest BCUT2D eigenvalue weighted by Gasteiger charge is 2.08. The Balaban J connectivity index is 2.53. The van der Waals surface area contributed by atoms with Crippen LogP contribution < -0.4 is 0 Å². The lowest BCUT2D eigenvalue weighted by atomic mass is 10.0. The molecule has 0 amide bonds. The molecule has 0 aliphatic heterocycles. The predicted molar refractivity (Wildman–Crippen MR) is 75.9 cm³/mol.